The number of thiophene rings is 1. The zero-order valence-corrected chi connectivity index (χ0v) is 15.9. The molecule has 1 atom stereocenters. The van der Waals surface area contributed by atoms with E-state index in [1.165, 1.54) is 0 Å². The molecule has 0 spiro atoms. The molecule has 0 aliphatic heterocycles. The maximum absolute atomic E-state index is 6.51. The molecule has 0 saturated heterocycles. The molecule has 0 saturated carbocycles. The zero-order chi connectivity index (χ0) is 15.6. The standard InChI is InChI=1S/C15H21BrClN3S/c1-5-6-18-13(15-12(17)10(4)8-21-15)14-11(16)7-19-20(14)9(2)3/h7-9,13,18H,5-6H2,1-4H3. The van der Waals surface area contributed by atoms with Gasteiger partial charge in [0, 0.05) is 10.9 Å². The Kier molecular flexibility index (Phi) is 5.88. The third-order valence-corrected chi connectivity index (χ3v) is 5.73. The number of nitrogens with zero attached hydrogens (tertiary/aromatic N) is 2. The maximum Gasteiger partial charge on any atom is 0.0868 e. The van der Waals surface area contributed by atoms with E-state index < -0.39 is 0 Å². The van der Waals surface area contributed by atoms with Gasteiger partial charge in [-0.25, -0.2) is 0 Å². The van der Waals surface area contributed by atoms with Crippen LogP contribution in [0.25, 0.3) is 0 Å². The van der Waals surface area contributed by atoms with E-state index in [1.807, 2.05) is 13.1 Å². The lowest BCUT2D eigenvalue weighted by atomic mass is 10.1. The van der Waals surface area contributed by atoms with Gasteiger partial charge in [-0.1, -0.05) is 18.5 Å². The van der Waals surface area contributed by atoms with Gasteiger partial charge in [-0.2, -0.15) is 5.10 Å². The predicted octanol–water partition coefficient (Wildman–Crippen LogP) is 5.34. The van der Waals surface area contributed by atoms with Crippen LogP contribution in [0.5, 0.6) is 0 Å². The molecule has 0 fully saturated rings. The van der Waals surface area contributed by atoms with Crippen LogP contribution in [0.3, 0.4) is 0 Å². The SMILES string of the molecule is CCCNC(c1scc(C)c1Cl)c1c(Br)cnn1C(C)C. The Bertz CT molecular complexity index is 606. The first-order valence-electron chi connectivity index (χ1n) is 7.17. The highest BCUT2D eigenvalue weighted by Crippen LogP contribution is 2.38. The van der Waals surface area contributed by atoms with E-state index >= 15 is 0 Å². The molecule has 1 unspecified atom stereocenters. The fourth-order valence-electron chi connectivity index (χ4n) is 2.28. The number of aryl methyl sites for hydroxylation is 1. The summed E-state index contributed by atoms with van der Waals surface area (Å²) in [7, 11) is 0. The van der Waals surface area contributed by atoms with Crippen molar-refractivity contribution in [2.75, 3.05) is 6.54 Å². The fraction of sp³-hybridized carbons (Fsp3) is 0.533. The number of hydrogen-bond donors (Lipinski definition) is 1. The van der Waals surface area contributed by atoms with E-state index in [9.17, 15) is 0 Å². The van der Waals surface area contributed by atoms with Crippen molar-refractivity contribution >= 4 is 38.9 Å². The van der Waals surface area contributed by atoms with Crippen LogP contribution in [-0.4, -0.2) is 16.3 Å². The van der Waals surface area contributed by atoms with Gasteiger partial charge >= 0.3 is 0 Å². The highest BCUT2D eigenvalue weighted by atomic mass is 79.9. The van der Waals surface area contributed by atoms with E-state index in [1.54, 1.807) is 11.3 Å². The van der Waals surface area contributed by atoms with Crippen LogP contribution in [0.15, 0.2) is 16.0 Å². The topological polar surface area (TPSA) is 29.9 Å². The van der Waals surface area contributed by atoms with Crippen LogP contribution in [0.2, 0.25) is 5.02 Å². The minimum atomic E-state index is 0.0652. The van der Waals surface area contributed by atoms with E-state index in [0.29, 0.717) is 6.04 Å². The lowest BCUT2D eigenvalue weighted by Crippen LogP contribution is -2.26. The number of hydrogen-bond acceptors (Lipinski definition) is 3. The van der Waals surface area contributed by atoms with Crippen molar-refractivity contribution in [3.8, 4) is 0 Å². The zero-order valence-electron chi connectivity index (χ0n) is 12.8. The summed E-state index contributed by atoms with van der Waals surface area (Å²) in [4.78, 5) is 1.16. The normalized spacial score (nSPS) is 13.1. The number of aromatic nitrogens is 2. The second-order valence-corrected chi connectivity index (χ2v) is 7.54. The van der Waals surface area contributed by atoms with Crippen molar-refractivity contribution in [2.24, 2.45) is 0 Å². The lowest BCUT2D eigenvalue weighted by Gasteiger charge is -2.22. The largest absolute Gasteiger partial charge is 0.304 e. The Morgan fingerprint density at radius 3 is 2.71 bits per heavy atom. The van der Waals surface area contributed by atoms with Gasteiger partial charge in [0.25, 0.3) is 0 Å². The third kappa shape index (κ3) is 3.52. The van der Waals surface area contributed by atoms with Crippen molar-refractivity contribution < 1.29 is 0 Å². The third-order valence-electron chi connectivity index (χ3n) is 3.34. The molecule has 6 heteroatoms. The van der Waals surface area contributed by atoms with E-state index in [4.69, 9.17) is 11.6 Å². The van der Waals surface area contributed by atoms with Crippen molar-refractivity contribution in [3.63, 3.8) is 0 Å². The quantitative estimate of drug-likeness (QED) is 0.721. The van der Waals surface area contributed by atoms with Crippen molar-refractivity contribution in [1.29, 1.82) is 0 Å². The highest BCUT2D eigenvalue weighted by Gasteiger charge is 2.26. The van der Waals surface area contributed by atoms with Crippen LogP contribution >= 0.6 is 38.9 Å². The molecule has 3 nitrogen and oxygen atoms in total. The molecule has 0 aliphatic carbocycles. The van der Waals surface area contributed by atoms with Crippen LogP contribution in [0, 0.1) is 6.92 Å². The molecule has 116 valence electrons. The lowest BCUT2D eigenvalue weighted by molar-refractivity contribution is 0.473. The number of halogens is 2. The first-order chi connectivity index (χ1) is 9.97. The monoisotopic (exact) mass is 389 g/mol. The molecule has 2 aromatic heterocycles. The summed E-state index contributed by atoms with van der Waals surface area (Å²) in [6, 6.07) is 0.368. The molecule has 0 radical (unpaired) electrons. The van der Waals surface area contributed by atoms with Crippen molar-refractivity contribution in [1.82, 2.24) is 15.1 Å². The van der Waals surface area contributed by atoms with E-state index in [2.05, 4.69) is 57.2 Å². The van der Waals surface area contributed by atoms with Gasteiger partial charge in [0.1, 0.15) is 0 Å². The van der Waals surface area contributed by atoms with Crippen LogP contribution in [0.4, 0.5) is 0 Å². The molecule has 21 heavy (non-hydrogen) atoms. The van der Waals surface area contributed by atoms with Gasteiger partial charge < -0.3 is 5.32 Å². The fourth-order valence-corrected chi connectivity index (χ4v) is 4.16. The molecular formula is C15H21BrClN3S. The van der Waals surface area contributed by atoms with Crippen molar-refractivity contribution in [3.05, 3.63) is 37.2 Å². The molecule has 0 aliphatic rings. The second kappa shape index (κ2) is 7.27. The van der Waals surface area contributed by atoms with Crippen molar-refractivity contribution in [2.45, 2.75) is 46.2 Å². The predicted molar refractivity (Wildman–Crippen MR) is 94.5 cm³/mol. The number of rotatable bonds is 6. The maximum atomic E-state index is 6.51. The number of nitrogens with one attached hydrogen (secondary N) is 1. The molecule has 2 aromatic rings. The van der Waals surface area contributed by atoms with Gasteiger partial charge in [0.2, 0.25) is 0 Å². The summed E-state index contributed by atoms with van der Waals surface area (Å²) in [5.74, 6) is 0. The first kappa shape index (κ1) is 17.0. The Hall–Kier alpha value is -0.360. The summed E-state index contributed by atoms with van der Waals surface area (Å²) in [5.41, 5.74) is 2.27. The molecule has 2 heterocycles. The molecule has 1 N–H and O–H groups in total. The molecule has 2 rings (SSSR count). The summed E-state index contributed by atoms with van der Waals surface area (Å²) < 4.78 is 3.08. The van der Waals surface area contributed by atoms with Gasteiger partial charge in [-0.15, -0.1) is 11.3 Å². The Morgan fingerprint density at radius 2 is 2.19 bits per heavy atom. The minimum Gasteiger partial charge on any atom is -0.304 e. The van der Waals surface area contributed by atoms with Crippen LogP contribution in [-0.2, 0) is 0 Å². The van der Waals surface area contributed by atoms with Gasteiger partial charge in [0.15, 0.2) is 0 Å². The molecular weight excluding hydrogens is 370 g/mol. The van der Waals surface area contributed by atoms with E-state index in [0.717, 1.165) is 38.6 Å². The molecule has 0 amide bonds. The summed E-state index contributed by atoms with van der Waals surface area (Å²) >= 11 is 11.9. The summed E-state index contributed by atoms with van der Waals surface area (Å²) in [5, 5.41) is 11.1. The van der Waals surface area contributed by atoms with Gasteiger partial charge in [-0.3, -0.25) is 4.68 Å². The van der Waals surface area contributed by atoms with E-state index in [-0.39, 0.29) is 6.04 Å². The average molecular weight is 391 g/mol. The van der Waals surface area contributed by atoms with Gasteiger partial charge in [0.05, 0.1) is 27.4 Å². The average Bonchev–Trinajstić information content (AvgIpc) is 2.97. The summed E-state index contributed by atoms with van der Waals surface area (Å²) in [6.45, 7) is 9.43. The highest BCUT2D eigenvalue weighted by molar-refractivity contribution is 9.10. The van der Waals surface area contributed by atoms with Crippen LogP contribution < -0.4 is 5.32 Å². The Balaban J connectivity index is 2.51. The Morgan fingerprint density at radius 1 is 1.48 bits per heavy atom. The molecule has 0 aromatic carbocycles. The summed E-state index contributed by atoms with van der Waals surface area (Å²) in [6.07, 6.45) is 2.94. The minimum absolute atomic E-state index is 0.0652. The Labute approximate surface area is 143 Å². The smallest absolute Gasteiger partial charge is 0.0868 e. The van der Waals surface area contributed by atoms with Gasteiger partial charge in [-0.05, 0) is 60.6 Å². The van der Waals surface area contributed by atoms with Crippen LogP contribution in [0.1, 0.15) is 55.4 Å². The second-order valence-electron chi connectivity index (χ2n) is 5.40. The molecule has 0 bridgehead atoms. The first-order valence-corrected chi connectivity index (χ1v) is 9.22.